The maximum Gasteiger partial charge on any atom is 0.141 e. The van der Waals surface area contributed by atoms with E-state index in [4.69, 9.17) is 39.5 Å². The van der Waals surface area contributed by atoms with Crippen molar-refractivity contribution in [2.24, 2.45) is 0 Å². The van der Waals surface area contributed by atoms with Crippen LogP contribution in [0, 0.1) is 5.82 Å². The number of methoxy groups -OCH3 is 1. The Morgan fingerprint density at radius 2 is 1.90 bits per heavy atom. The lowest BCUT2D eigenvalue weighted by Gasteiger charge is -2.15. The van der Waals surface area contributed by atoms with Crippen LogP contribution in [0.5, 0.6) is 5.75 Å². The summed E-state index contributed by atoms with van der Waals surface area (Å²) in [4.78, 5) is 0. The predicted molar refractivity (Wildman–Crippen MR) is 89.4 cm³/mol. The van der Waals surface area contributed by atoms with Crippen molar-refractivity contribution in [3.63, 3.8) is 0 Å². The second-order valence-electron chi connectivity index (χ2n) is 4.43. The van der Waals surface area contributed by atoms with Crippen LogP contribution in [0.25, 0.3) is 0 Å². The highest BCUT2D eigenvalue weighted by Gasteiger charge is 2.17. The molecule has 1 nitrogen and oxygen atoms in total. The van der Waals surface area contributed by atoms with Crippen molar-refractivity contribution < 1.29 is 9.13 Å². The maximum atomic E-state index is 13.5. The minimum Gasteiger partial charge on any atom is -0.496 e. The van der Waals surface area contributed by atoms with E-state index in [1.165, 1.54) is 13.2 Å². The Kier molecular flexibility index (Phi) is 5.78. The Hall–Kier alpha value is -0.480. The van der Waals surface area contributed by atoms with E-state index >= 15 is 0 Å². The lowest BCUT2D eigenvalue weighted by molar-refractivity contribution is 0.405. The SMILES string of the molecule is COc1cc(F)c(Br)cc1C(Cl)Cc1ccc(Cl)c(Cl)c1. The predicted octanol–water partition coefficient (Wildman–Crippen LogP) is 6.43. The Balaban J connectivity index is 2.29. The molecule has 0 aromatic heterocycles. The lowest BCUT2D eigenvalue weighted by atomic mass is 10.0. The summed E-state index contributed by atoms with van der Waals surface area (Å²) in [6.07, 6.45) is 0.521. The van der Waals surface area contributed by atoms with Gasteiger partial charge in [0.15, 0.2) is 0 Å². The summed E-state index contributed by atoms with van der Waals surface area (Å²) < 4.78 is 19.1. The van der Waals surface area contributed by atoms with Crippen LogP contribution in [0.4, 0.5) is 4.39 Å². The van der Waals surface area contributed by atoms with Gasteiger partial charge in [0, 0.05) is 11.6 Å². The summed E-state index contributed by atoms with van der Waals surface area (Å²) in [5, 5.41) is 0.591. The van der Waals surface area contributed by atoms with Crippen molar-refractivity contribution in [2.45, 2.75) is 11.8 Å². The number of alkyl halides is 1. The van der Waals surface area contributed by atoms with Crippen molar-refractivity contribution in [1.29, 1.82) is 0 Å². The molecule has 112 valence electrons. The molecule has 2 rings (SSSR count). The van der Waals surface area contributed by atoms with Crippen LogP contribution >= 0.6 is 50.7 Å². The van der Waals surface area contributed by atoms with E-state index < -0.39 is 5.82 Å². The van der Waals surface area contributed by atoms with Gasteiger partial charge < -0.3 is 4.74 Å². The number of benzene rings is 2. The third-order valence-electron chi connectivity index (χ3n) is 3.01. The van der Waals surface area contributed by atoms with E-state index in [2.05, 4.69) is 15.9 Å². The van der Waals surface area contributed by atoms with Crippen LogP contribution in [0.3, 0.4) is 0 Å². The van der Waals surface area contributed by atoms with E-state index in [1.54, 1.807) is 18.2 Å². The Morgan fingerprint density at radius 3 is 2.52 bits per heavy atom. The number of rotatable bonds is 4. The highest BCUT2D eigenvalue weighted by Crippen LogP contribution is 2.36. The van der Waals surface area contributed by atoms with Crippen molar-refractivity contribution >= 4 is 50.7 Å². The fourth-order valence-electron chi connectivity index (χ4n) is 1.95. The van der Waals surface area contributed by atoms with Gasteiger partial charge >= 0.3 is 0 Å². The van der Waals surface area contributed by atoms with Gasteiger partial charge in [-0.25, -0.2) is 4.39 Å². The highest BCUT2D eigenvalue weighted by atomic mass is 79.9. The summed E-state index contributed by atoms with van der Waals surface area (Å²) in [6, 6.07) is 8.28. The number of halogens is 5. The van der Waals surface area contributed by atoms with Crippen LogP contribution in [0.2, 0.25) is 10.0 Å². The molecule has 0 aliphatic rings. The summed E-state index contributed by atoms with van der Waals surface area (Å²) in [7, 11) is 1.48. The van der Waals surface area contributed by atoms with Crippen LogP contribution in [0.15, 0.2) is 34.8 Å². The van der Waals surface area contributed by atoms with Crippen LogP contribution < -0.4 is 4.74 Å². The van der Waals surface area contributed by atoms with E-state index in [1.807, 2.05) is 6.07 Å². The molecule has 0 spiro atoms. The molecule has 0 aliphatic carbocycles. The quantitative estimate of drug-likeness (QED) is 0.526. The molecule has 0 amide bonds. The maximum absolute atomic E-state index is 13.5. The Bertz CT molecular complexity index is 664. The van der Waals surface area contributed by atoms with Gasteiger partial charge in [-0.1, -0.05) is 29.3 Å². The largest absolute Gasteiger partial charge is 0.496 e. The van der Waals surface area contributed by atoms with Gasteiger partial charge in [-0.2, -0.15) is 0 Å². The van der Waals surface area contributed by atoms with E-state index in [9.17, 15) is 4.39 Å². The van der Waals surface area contributed by atoms with Gasteiger partial charge in [0.2, 0.25) is 0 Å². The summed E-state index contributed by atoms with van der Waals surface area (Å²) in [5.74, 6) is 0.0183. The number of hydrogen-bond donors (Lipinski definition) is 0. The molecule has 0 aliphatic heterocycles. The standard InChI is InChI=1S/C15H11BrCl3FO/c1-21-15-7-14(20)10(16)6-9(15)12(18)4-8-2-3-11(17)13(19)5-8/h2-3,5-7,12H,4H2,1H3. The number of hydrogen-bond acceptors (Lipinski definition) is 1. The normalized spacial score (nSPS) is 12.3. The Labute approximate surface area is 146 Å². The highest BCUT2D eigenvalue weighted by molar-refractivity contribution is 9.10. The molecule has 0 bridgehead atoms. The molecule has 1 unspecified atom stereocenters. The van der Waals surface area contributed by atoms with Crippen molar-refractivity contribution in [1.82, 2.24) is 0 Å². The van der Waals surface area contributed by atoms with Gasteiger partial charge in [0.25, 0.3) is 0 Å². The zero-order valence-corrected chi connectivity index (χ0v) is 14.8. The van der Waals surface area contributed by atoms with E-state index in [-0.39, 0.29) is 5.38 Å². The molecular weight excluding hydrogens is 401 g/mol. The van der Waals surface area contributed by atoms with Gasteiger partial charge in [-0.15, -0.1) is 11.6 Å². The van der Waals surface area contributed by atoms with Crippen molar-refractivity contribution in [3.05, 3.63) is 61.8 Å². The van der Waals surface area contributed by atoms with Gasteiger partial charge in [-0.05, 0) is 46.1 Å². The molecule has 0 N–H and O–H groups in total. The monoisotopic (exact) mass is 410 g/mol. The fraction of sp³-hybridized carbons (Fsp3) is 0.200. The molecule has 0 saturated heterocycles. The second-order valence-corrected chi connectivity index (χ2v) is 6.62. The van der Waals surface area contributed by atoms with Gasteiger partial charge in [0.05, 0.1) is 27.0 Å². The molecule has 0 fully saturated rings. The first-order valence-electron chi connectivity index (χ1n) is 6.03. The zero-order chi connectivity index (χ0) is 15.6. The van der Waals surface area contributed by atoms with Crippen LogP contribution in [-0.2, 0) is 6.42 Å². The molecule has 2 aromatic carbocycles. The van der Waals surface area contributed by atoms with Gasteiger partial charge in [-0.3, -0.25) is 0 Å². The smallest absolute Gasteiger partial charge is 0.141 e. The van der Waals surface area contributed by atoms with E-state index in [0.717, 1.165) is 5.56 Å². The fourth-order valence-corrected chi connectivity index (χ4v) is 2.98. The summed E-state index contributed by atoms with van der Waals surface area (Å²) >= 11 is 21.5. The third-order valence-corrected chi connectivity index (χ3v) is 4.75. The first-order valence-corrected chi connectivity index (χ1v) is 8.02. The zero-order valence-electron chi connectivity index (χ0n) is 11.0. The van der Waals surface area contributed by atoms with Crippen molar-refractivity contribution in [3.8, 4) is 5.75 Å². The van der Waals surface area contributed by atoms with E-state index in [0.29, 0.717) is 32.3 Å². The first kappa shape index (κ1) is 16.9. The minimum absolute atomic E-state index is 0.345. The molecule has 6 heteroatoms. The van der Waals surface area contributed by atoms with Crippen LogP contribution in [-0.4, -0.2) is 7.11 Å². The molecule has 0 heterocycles. The Morgan fingerprint density at radius 1 is 1.19 bits per heavy atom. The molecule has 1 atom stereocenters. The first-order chi connectivity index (χ1) is 9.92. The summed E-state index contributed by atoms with van der Waals surface area (Å²) in [5.41, 5.74) is 1.64. The number of ether oxygens (including phenoxy) is 1. The average molecular weight is 413 g/mol. The molecule has 0 saturated carbocycles. The molecular formula is C15H11BrCl3FO. The molecule has 21 heavy (non-hydrogen) atoms. The molecule has 2 aromatic rings. The lowest BCUT2D eigenvalue weighted by Crippen LogP contribution is -2.00. The average Bonchev–Trinajstić information content (AvgIpc) is 2.45. The third kappa shape index (κ3) is 4.04. The topological polar surface area (TPSA) is 9.23 Å². The second kappa shape index (κ2) is 7.19. The van der Waals surface area contributed by atoms with Gasteiger partial charge in [0.1, 0.15) is 11.6 Å². The molecule has 0 radical (unpaired) electrons. The summed E-state index contributed by atoms with van der Waals surface area (Å²) in [6.45, 7) is 0. The van der Waals surface area contributed by atoms with Crippen LogP contribution in [0.1, 0.15) is 16.5 Å². The minimum atomic E-state index is -0.394. The van der Waals surface area contributed by atoms with Crippen molar-refractivity contribution in [2.75, 3.05) is 7.11 Å².